The molecule has 29 heavy (non-hydrogen) atoms. The van der Waals surface area contributed by atoms with Crippen molar-refractivity contribution in [2.24, 2.45) is 5.92 Å². The molecule has 8 nitrogen and oxygen atoms in total. The maximum absolute atomic E-state index is 12.3. The molecular formula is C21H25N3O5. The smallest absolute Gasteiger partial charge is 0.269 e. The number of carbonyl (C=O) groups excluding carboxylic acids is 3. The lowest BCUT2D eigenvalue weighted by Crippen LogP contribution is -2.45. The van der Waals surface area contributed by atoms with Crippen molar-refractivity contribution in [2.45, 2.75) is 32.7 Å². The number of rotatable bonds is 8. The maximum Gasteiger partial charge on any atom is 0.269 e. The molecule has 1 aromatic heterocycles. The number of likely N-dealkylation sites (tertiary alicyclic amines) is 1. The van der Waals surface area contributed by atoms with Gasteiger partial charge in [0.15, 0.2) is 0 Å². The SMILES string of the molecule is CCCCOc1ccc(C(=O)NNC(=O)C2CC(=O)N(Cc3ccco3)C2)cc1. The average Bonchev–Trinajstić information content (AvgIpc) is 3.37. The molecule has 0 aliphatic carbocycles. The molecule has 2 heterocycles. The fraction of sp³-hybridized carbons (Fsp3) is 0.381. The van der Waals surface area contributed by atoms with Crippen LogP contribution in [0.15, 0.2) is 47.1 Å². The number of hydrazine groups is 1. The van der Waals surface area contributed by atoms with Gasteiger partial charge in [0.2, 0.25) is 11.8 Å². The third-order valence-electron chi connectivity index (χ3n) is 4.69. The second-order valence-corrected chi connectivity index (χ2v) is 6.92. The highest BCUT2D eigenvalue weighted by molar-refractivity contribution is 5.96. The van der Waals surface area contributed by atoms with Gasteiger partial charge >= 0.3 is 0 Å². The maximum atomic E-state index is 12.3. The molecule has 2 N–H and O–H groups in total. The van der Waals surface area contributed by atoms with Gasteiger partial charge in [0, 0.05) is 18.5 Å². The number of hydrogen-bond acceptors (Lipinski definition) is 5. The Bertz CT molecular complexity index is 833. The van der Waals surface area contributed by atoms with Gasteiger partial charge in [-0.05, 0) is 42.8 Å². The van der Waals surface area contributed by atoms with Gasteiger partial charge in [-0.2, -0.15) is 0 Å². The lowest BCUT2D eigenvalue weighted by molar-refractivity contribution is -0.129. The Morgan fingerprint density at radius 3 is 2.69 bits per heavy atom. The monoisotopic (exact) mass is 399 g/mol. The third-order valence-corrected chi connectivity index (χ3v) is 4.69. The Hall–Kier alpha value is -3.29. The van der Waals surface area contributed by atoms with Crippen LogP contribution in [0.3, 0.4) is 0 Å². The molecule has 0 saturated carbocycles. The van der Waals surface area contributed by atoms with Gasteiger partial charge in [-0.15, -0.1) is 0 Å². The van der Waals surface area contributed by atoms with Gasteiger partial charge in [0.1, 0.15) is 11.5 Å². The first kappa shape index (κ1) is 20.4. The van der Waals surface area contributed by atoms with E-state index in [9.17, 15) is 14.4 Å². The topological polar surface area (TPSA) is 101 Å². The molecule has 0 radical (unpaired) electrons. The molecule has 1 unspecified atom stereocenters. The first-order chi connectivity index (χ1) is 14.1. The quantitative estimate of drug-likeness (QED) is 0.524. The molecule has 0 bridgehead atoms. The minimum atomic E-state index is -0.521. The van der Waals surface area contributed by atoms with Crippen molar-refractivity contribution in [2.75, 3.05) is 13.2 Å². The Balaban J connectivity index is 1.45. The second-order valence-electron chi connectivity index (χ2n) is 6.92. The standard InChI is InChI=1S/C21H25N3O5/c1-2-3-10-28-17-8-6-15(7-9-17)20(26)22-23-21(27)16-12-19(25)24(13-16)14-18-5-4-11-29-18/h4-9,11,16H,2-3,10,12-14H2,1H3,(H,22,26)(H,23,27). The zero-order valence-electron chi connectivity index (χ0n) is 16.3. The second kappa shape index (κ2) is 9.77. The first-order valence-electron chi connectivity index (χ1n) is 9.70. The first-order valence-corrected chi connectivity index (χ1v) is 9.70. The summed E-state index contributed by atoms with van der Waals surface area (Å²) in [5.74, 6) is -0.114. The molecular weight excluding hydrogens is 374 g/mol. The van der Waals surface area contributed by atoms with Gasteiger partial charge in [-0.3, -0.25) is 25.2 Å². The van der Waals surface area contributed by atoms with Gasteiger partial charge in [0.25, 0.3) is 5.91 Å². The highest BCUT2D eigenvalue weighted by Gasteiger charge is 2.34. The zero-order valence-corrected chi connectivity index (χ0v) is 16.3. The molecule has 1 aliphatic heterocycles. The summed E-state index contributed by atoms with van der Waals surface area (Å²) in [5, 5.41) is 0. The van der Waals surface area contributed by atoms with Crippen LogP contribution in [0.25, 0.3) is 0 Å². The van der Waals surface area contributed by atoms with Crippen LogP contribution in [0.2, 0.25) is 0 Å². The van der Waals surface area contributed by atoms with Gasteiger partial charge in [-0.1, -0.05) is 13.3 Å². The number of nitrogens with one attached hydrogen (secondary N) is 2. The summed E-state index contributed by atoms with van der Waals surface area (Å²) in [5.41, 5.74) is 5.20. The predicted octanol–water partition coefficient (Wildman–Crippen LogP) is 2.27. The van der Waals surface area contributed by atoms with Crippen molar-refractivity contribution in [1.29, 1.82) is 0 Å². The third kappa shape index (κ3) is 5.60. The van der Waals surface area contributed by atoms with Crippen LogP contribution in [0.4, 0.5) is 0 Å². The number of furan rings is 1. The van der Waals surface area contributed by atoms with Crippen LogP contribution in [0.5, 0.6) is 5.75 Å². The molecule has 2 aromatic rings. The Kier molecular flexibility index (Phi) is 6.89. The number of hydrogen-bond donors (Lipinski definition) is 2. The molecule has 1 fully saturated rings. The predicted molar refractivity (Wildman–Crippen MR) is 105 cm³/mol. The Labute approximate surface area is 169 Å². The number of ether oxygens (including phenoxy) is 1. The number of carbonyl (C=O) groups is 3. The summed E-state index contributed by atoms with van der Waals surface area (Å²) in [7, 11) is 0. The summed E-state index contributed by atoms with van der Waals surface area (Å²) in [6, 6.07) is 10.2. The van der Waals surface area contributed by atoms with E-state index in [1.807, 2.05) is 0 Å². The van der Waals surface area contributed by atoms with E-state index in [4.69, 9.17) is 9.15 Å². The number of nitrogens with zero attached hydrogens (tertiary/aromatic N) is 1. The van der Waals surface area contributed by atoms with Gasteiger partial charge in [0.05, 0.1) is 25.3 Å². The van der Waals surface area contributed by atoms with Crippen LogP contribution in [-0.2, 0) is 16.1 Å². The molecule has 0 spiro atoms. The highest BCUT2D eigenvalue weighted by Crippen LogP contribution is 2.20. The van der Waals surface area contributed by atoms with Crippen LogP contribution >= 0.6 is 0 Å². The lowest BCUT2D eigenvalue weighted by Gasteiger charge is -2.15. The summed E-state index contributed by atoms with van der Waals surface area (Å²) < 4.78 is 10.8. The van der Waals surface area contributed by atoms with Crippen molar-refractivity contribution in [3.05, 3.63) is 54.0 Å². The number of unbranched alkanes of at least 4 members (excludes halogenated alkanes) is 1. The molecule has 8 heteroatoms. The van der Waals surface area contributed by atoms with E-state index in [0.717, 1.165) is 12.8 Å². The lowest BCUT2D eigenvalue weighted by atomic mass is 10.1. The highest BCUT2D eigenvalue weighted by atomic mass is 16.5. The summed E-state index contributed by atoms with van der Waals surface area (Å²) in [4.78, 5) is 38.2. The summed E-state index contributed by atoms with van der Waals surface area (Å²) in [6.07, 6.45) is 3.66. The minimum absolute atomic E-state index is 0.103. The van der Waals surface area contributed by atoms with E-state index in [1.165, 1.54) is 0 Å². The van der Waals surface area contributed by atoms with Crippen molar-refractivity contribution < 1.29 is 23.5 Å². The largest absolute Gasteiger partial charge is 0.494 e. The van der Waals surface area contributed by atoms with E-state index in [1.54, 1.807) is 47.6 Å². The number of amides is 3. The zero-order chi connectivity index (χ0) is 20.6. The van der Waals surface area contributed by atoms with Crippen molar-refractivity contribution >= 4 is 17.7 Å². The molecule has 3 rings (SSSR count). The van der Waals surface area contributed by atoms with Crippen molar-refractivity contribution in [3.63, 3.8) is 0 Å². The van der Waals surface area contributed by atoms with Crippen LogP contribution in [0, 0.1) is 5.92 Å². The Morgan fingerprint density at radius 1 is 1.21 bits per heavy atom. The van der Waals surface area contributed by atoms with Crippen LogP contribution < -0.4 is 15.6 Å². The molecule has 1 saturated heterocycles. The summed E-state index contributed by atoms with van der Waals surface area (Å²) in [6.45, 7) is 3.33. The van der Waals surface area contributed by atoms with E-state index < -0.39 is 17.7 Å². The van der Waals surface area contributed by atoms with Gasteiger partial charge < -0.3 is 14.1 Å². The van der Waals surface area contributed by atoms with E-state index in [-0.39, 0.29) is 18.9 Å². The molecule has 1 aromatic carbocycles. The van der Waals surface area contributed by atoms with Gasteiger partial charge in [-0.25, -0.2) is 0 Å². The van der Waals surface area contributed by atoms with Crippen molar-refractivity contribution in [3.8, 4) is 5.75 Å². The Morgan fingerprint density at radius 2 is 2.00 bits per heavy atom. The van der Waals surface area contributed by atoms with Crippen LogP contribution in [-0.4, -0.2) is 35.8 Å². The summed E-state index contributed by atoms with van der Waals surface area (Å²) >= 11 is 0. The van der Waals surface area contributed by atoms with E-state index >= 15 is 0 Å². The number of benzene rings is 1. The fourth-order valence-corrected chi connectivity index (χ4v) is 3.02. The molecule has 1 atom stereocenters. The molecule has 154 valence electrons. The van der Waals surface area contributed by atoms with Crippen molar-refractivity contribution in [1.82, 2.24) is 15.8 Å². The molecule has 3 amide bonds. The van der Waals surface area contributed by atoms with E-state index in [0.29, 0.717) is 30.2 Å². The van der Waals surface area contributed by atoms with E-state index in [2.05, 4.69) is 17.8 Å². The average molecular weight is 399 g/mol. The van der Waals surface area contributed by atoms with Crippen LogP contribution in [0.1, 0.15) is 42.3 Å². The fourth-order valence-electron chi connectivity index (χ4n) is 3.02. The minimum Gasteiger partial charge on any atom is -0.494 e. The normalized spacial score (nSPS) is 16.0. The molecule has 1 aliphatic rings.